The number of aromatic nitrogens is 2. The Morgan fingerprint density at radius 2 is 2.04 bits per heavy atom. The van der Waals surface area contributed by atoms with Crippen LogP contribution >= 0.6 is 23.4 Å². The number of rotatable bonds is 8. The maximum atomic E-state index is 13.9. The van der Waals surface area contributed by atoms with E-state index in [1.165, 1.54) is 24.9 Å². The first-order valence-corrected chi connectivity index (χ1v) is 10.0. The number of hydrogen-bond acceptors (Lipinski definition) is 5. The summed E-state index contributed by atoms with van der Waals surface area (Å²) in [7, 11) is 3.05. The molecule has 2 aromatic carbocycles. The Balaban J connectivity index is 1.94. The minimum atomic E-state index is -0.420. The smallest absolute Gasteiger partial charge is 0.262 e. The molecule has 0 unspecified atom stereocenters. The van der Waals surface area contributed by atoms with Crippen LogP contribution in [-0.2, 0) is 17.0 Å². The Kier molecular flexibility index (Phi) is 6.93. The molecule has 28 heavy (non-hydrogen) atoms. The van der Waals surface area contributed by atoms with Gasteiger partial charge in [-0.25, -0.2) is 9.37 Å². The van der Waals surface area contributed by atoms with E-state index >= 15 is 0 Å². The van der Waals surface area contributed by atoms with E-state index in [2.05, 4.69) is 4.98 Å². The Hall–Kier alpha value is -2.09. The van der Waals surface area contributed by atoms with Crippen molar-refractivity contribution < 1.29 is 13.9 Å². The van der Waals surface area contributed by atoms with Crippen LogP contribution in [-0.4, -0.2) is 30.4 Å². The topological polar surface area (TPSA) is 53.4 Å². The summed E-state index contributed by atoms with van der Waals surface area (Å²) in [5, 5.41) is 1.60. The van der Waals surface area contributed by atoms with Crippen molar-refractivity contribution in [2.24, 2.45) is 0 Å². The van der Waals surface area contributed by atoms with E-state index in [-0.39, 0.29) is 11.3 Å². The largest absolute Gasteiger partial charge is 0.494 e. The fourth-order valence-electron chi connectivity index (χ4n) is 2.80. The van der Waals surface area contributed by atoms with Gasteiger partial charge >= 0.3 is 0 Å². The second-order valence-electron chi connectivity index (χ2n) is 6.12. The number of nitrogens with zero attached hydrogens (tertiary/aromatic N) is 2. The highest BCUT2D eigenvalue weighted by Gasteiger charge is 2.13. The van der Waals surface area contributed by atoms with Gasteiger partial charge in [-0.3, -0.25) is 9.36 Å². The lowest BCUT2D eigenvalue weighted by Crippen LogP contribution is -2.24. The van der Waals surface area contributed by atoms with Gasteiger partial charge in [0.25, 0.3) is 5.56 Å². The summed E-state index contributed by atoms with van der Waals surface area (Å²) in [6.45, 7) is 1.02. The molecular weight excluding hydrogens is 403 g/mol. The molecule has 0 atom stereocenters. The first-order valence-electron chi connectivity index (χ1n) is 8.67. The van der Waals surface area contributed by atoms with E-state index in [4.69, 9.17) is 21.1 Å². The van der Waals surface area contributed by atoms with Crippen LogP contribution < -0.4 is 10.3 Å². The van der Waals surface area contributed by atoms with Crippen molar-refractivity contribution in [1.82, 2.24) is 9.55 Å². The quantitative estimate of drug-likeness (QED) is 0.303. The van der Waals surface area contributed by atoms with E-state index in [1.54, 1.807) is 42.0 Å². The third-order valence-corrected chi connectivity index (χ3v) is 5.48. The molecular formula is C20H20ClFN2O3S. The van der Waals surface area contributed by atoms with Gasteiger partial charge in [0.1, 0.15) is 0 Å². The predicted molar refractivity (Wildman–Crippen MR) is 110 cm³/mol. The second-order valence-corrected chi connectivity index (χ2v) is 7.50. The fraction of sp³-hybridized carbons (Fsp3) is 0.300. The molecule has 0 bridgehead atoms. The minimum Gasteiger partial charge on any atom is -0.494 e. The van der Waals surface area contributed by atoms with Crippen LogP contribution in [0, 0.1) is 5.82 Å². The molecule has 0 aliphatic carbocycles. The third-order valence-electron chi connectivity index (χ3n) is 4.20. The van der Waals surface area contributed by atoms with E-state index in [1.807, 2.05) is 0 Å². The fourth-order valence-corrected chi connectivity index (χ4v) is 3.93. The number of ether oxygens (including phenoxy) is 2. The standard InChI is InChI=1S/C20H20ClFN2O3S/c1-26-9-3-8-24-19(25)15-6-5-14(21)11-17(15)23-20(24)28-12-13-4-7-18(27-2)16(22)10-13/h4-7,10-11H,3,8-9,12H2,1-2H3. The zero-order chi connectivity index (χ0) is 20.1. The van der Waals surface area contributed by atoms with Gasteiger partial charge in [0.15, 0.2) is 16.7 Å². The van der Waals surface area contributed by atoms with E-state index < -0.39 is 5.82 Å². The molecule has 3 rings (SSSR count). The van der Waals surface area contributed by atoms with Gasteiger partial charge in [-0.1, -0.05) is 29.4 Å². The second kappa shape index (κ2) is 9.41. The molecule has 0 amide bonds. The van der Waals surface area contributed by atoms with Crippen molar-refractivity contribution in [2.45, 2.75) is 23.9 Å². The summed E-state index contributed by atoms with van der Waals surface area (Å²) >= 11 is 7.43. The summed E-state index contributed by atoms with van der Waals surface area (Å²) in [4.78, 5) is 17.6. The molecule has 1 heterocycles. The highest BCUT2D eigenvalue weighted by Crippen LogP contribution is 2.26. The van der Waals surface area contributed by atoms with Crippen molar-refractivity contribution in [3.8, 4) is 5.75 Å². The number of hydrogen-bond donors (Lipinski definition) is 0. The van der Waals surface area contributed by atoms with Crippen LogP contribution in [0.25, 0.3) is 10.9 Å². The minimum absolute atomic E-state index is 0.124. The monoisotopic (exact) mass is 422 g/mol. The molecule has 8 heteroatoms. The van der Waals surface area contributed by atoms with Crippen LogP contribution in [0.15, 0.2) is 46.3 Å². The lowest BCUT2D eigenvalue weighted by atomic mass is 10.2. The summed E-state index contributed by atoms with van der Waals surface area (Å²) < 4.78 is 25.6. The molecule has 3 aromatic rings. The summed E-state index contributed by atoms with van der Waals surface area (Å²) in [5.74, 6) is 0.240. The van der Waals surface area contributed by atoms with Crippen LogP contribution in [0.4, 0.5) is 4.39 Å². The van der Waals surface area contributed by atoms with Gasteiger partial charge < -0.3 is 9.47 Å². The third kappa shape index (κ3) is 4.66. The van der Waals surface area contributed by atoms with E-state index in [0.717, 1.165) is 5.56 Å². The van der Waals surface area contributed by atoms with E-state index in [0.29, 0.717) is 46.4 Å². The molecule has 0 aliphatic rings. The molecule has 0 N–H and O–H groups in total. The van der Waals surface area contributed by atoms with Crippen LogP contribution in [0.1, 0.15) is 12.0 Å². The maximum Gasteiger partial charge on any atom is 0.262 e. The van der Waals surface area contributed by atoms with Crippen LogP contribution in [0.2, 0.25) is 5.02 Å². The summed E-state index contributed by atoms with van der Waals surface area (Å²) in [5.41, 5.74) is 1.19. The number of thioether (sulfide) groups is 1. The van der Waals surface area contributed by atoms with Gasteiger partial charge in [0, 0.05) is 31.0 Å². The number of benzene rings is 2. The molecule has 0 saturated heterocycles. The molecule has 0 saturated carbocycles. The zero-order valence-corrected chi connectivity index (χ0v) is 17.1. The van der Waals surface area contributed by atoms with Gasteiger partial charge in [-0.05, 0) is 42.3 Å². The highest BCUT2D eigenvalue weighted by atomic mass is 35.5. The molecule has 5 nitrogen and oxygen atoms in total. The first-order chi connectivity index (χ1) is 13.5. The van der Waals surface area contributed by atoms with Gasteiger partial charge in [-0.2, -0.15) is 0 Å². The number of fused-ring (bicyclic) bond motifs is 1. The molecule has 0 spiro atoms. The number of methoxy groups -OCH3 is 2. The molecule has 0 aliphatic heterocycles. The summed E-state index contributed by atoms with van der Waals surface area (Å²) in [6.07, 6.45) is 0.682. The zero-order valence-electron chi connectivity index (χ0n) is 15.6. The lowest BCUT2D eigenvalue weighted by molar-refractivity contribution is 0.189. The lowest BCUT2D eigenvalue weighted by Gasteiger charge is -2.13. The Labute approximate surface area is 171 Å². The van der Waals surface area contributed by atoms with Crippen LogP contribution in [0.3, 0.4) is 0 Å². The summed E-state index contributed by atoms with van der Waals surface area (Å²) in [6, 6.07) is 9.85. The van der Waals surface area contributed by atoms with Crippen molar-refractivity contribution >= 4 is 34.3 Å². The Bertz CT molecular complexity index is 1040. The normalized spacial score (nSPS) is 11.1. The highest BCUT2D eigenvalue weighted by molar-refractivity contribution is 7.98. The predicted octanol–water partition coefficient (Wildman–Crippen LogP) is 4.53. The number of halogens is 2. The Morgan fingerprint density at radius 1 is 1.21 bits per heavy atom. The first kappa shape index (κ1) is 20.6. The van der Waals surface area contributed by atoms with Crippen molar-refractivity contribution in [2.75, 3.05) is 20.8 Å². The van der Waals surface area contributed by atoms with Crippen LogP contribution in [0.5, 0.6) is 5.75 Å². The molecule has 0 radical (unpaired) electrons. The average molecular weight is 423 g/mol. The average Bonchev–Trinajstić information content (AvgIpc) is 2.68. The molecule has 148 valence electrons. The van der Waals surface area contributed by atoms with Crippen molar-refractivity contribution in [3.05, 3.63) is 63.2 Å². The molecule has 1 aromatic heterocycles. The van der Waals surface area contributed by atoms with Crippen molar-refractivity contribution in [3.63, 3.8) is 0 Å². The van der Waals surface area contributed by atoms with Gasteiger partial charge in [-0.15, -0.1) is 0 Å². The molecule has 0 fully saturated rings. The van der Waals surface area contributed by atoms with Gasteiger partial charge in [0.05, 0.1) is 18.0 Å². The van der Waals surface area contributed by atoms with Gasteiger partial charge in [0.2, 0.25) is 0 Å². The Morgan fingerprint density at radius 3 is 2.75 bits per heavy atom. The maximum absolute atomic E-state index is 13.9. The SMILES string of the molecule is COCCCn1c(SCc2ccc(OC)c(F)c2)nc2cc(Cl)ccc2c1=O. The van der Waals surface area contributed by atoms with E-state index in [9.17, 15) is 9.18 Å². The van der Waals surface area contributed by atoms with Crippen molar-refractivity contribution in [1.29, 1.82) is 0 Å².